The average molecular weight is 509 g/mol. The Kier molecular flexibility index (Phi) is 5.04. The summed E-state index contributed by atoms with van der Waals surface area (Å²) in [4.78, 5) is 20.3. The van der Waals surface area contributed by atoms with E-state index in [1.165, 1.54) is 12.1 Å². The predicted molar refractivity (Wildman–Crippen MR) is 144 cm³/mol. The van der Waals surface area contributed by atoms with Gasteiger partial charge in [0.15, 0.2) is 6.73 Å². The van der Waals surface area contributed by atoms with E-state index in [4.69, 9.17) is 19.9 Å². The number of halogens is 1. The lowest BCUT2D eigenvalue weighted by molar-refractivity contribution is 0.0964. The van der Waals surface area contributed by atoms with E-state index in [0.717, 1.165) is 30.0 Å². The number of amides is 1. The SMILES string of the molecule is CNC(=O)c1c(-c2ccc(F)cc2)oc2cc(N)c(-c3ccc4c(n3)C3=CC5CCC=CC5N3CO4)cc12. The minimum absolute atomic E-state index is 0.296. The molecular weight excluding hydrogens is 483 g/mol. The molecule has 0 fully saturated rings. The molecule has 3 N–H and O–H groups in total. The van der Waals surface area contributed by atoms with Crippen molar-refractivity contribution >= 4 is 28.3 Å². The Labute approximate surface area is 218 Å². The molecule has 0 bridgehead atoms. The first-order valence-electron chi connectivity index (χ1n) is 12.7. The molecule has 7 rings (SSSR count). The molecule has 4 heterocycles. The van der Waals surface area contributed by atoms with Crippen LogP contribution < -0.4 is 15.8 Å². The van der Waals surface area contributed by atoms with Crippen molar-refractivity contribution in [1.82, 2.24) is 15.2 Å². The van der Waals surface area contributed by atoms with Gasteiger partial charge in [0, 0.05) is 41.2 Å². The molecule has 1 amide bonds. The van der Waals surface area contributed by atoms with E-state index in [9.17, 15) is 9.18 Å². The first-order chi connectivity index (χ1) is 18.5. The number of ether oxygens (including phenoxy) is 1. The van der Waals surface area contributed by atoms with Crippen LogP contribution in [0.1, 0.15) is 28.9 Å². The third-order valence-corrected chi connectivity index (χ3v) is 7.64. The Morgan fingerprint density at radius 2 is 2.03 bits per heavy atom. The Hall–Kier alpha value is -4.59. The van der Waals surface area contributed by atoms with E-state index in [0.29, 0.717) is 63.5 Å². The standard InChI is InChI=1S/C30H25FN4O3/c1-33-30(36)27-20-13-19(21(32)14-26(20)38-29(27)16-6-8-18(31)9-7-16)22-10-11-25-28(34-22)24-12-17-4-2-3-5-23(17)35(24)15-37-25/h3,5-14,17,23H,2,4,15,32H2,1H3,(H,33,36). The number of anilines is 1. The van der Waals surface area contributed by atoms with Gasteiger partial charge in [-0.15, -0.1) is 0 Å². The summed E-state index contributed by atoms with van der Waals surface area (Å²) in [6, 6.07) is 13.5. The topological polar surface area (TPSA) is 93.6 Å². The first kappa shape index (κ1) is 22.6. The highest BCUT2D eigenvalue weighted by Gasteiger charge is 2.38. The number of carbonyl (C=O) groups is 1. The first-order valence-corrected chi connectivity index (χ1v) is 12.7. The lowest BCUT2D eigenvalue weighted by atomic mass is 9.91. The minimum atomic E-state index is -0.369. The highest BCUT2D eigenvalue weighted by atomic mass is 19.1. The van der Waals surface area contributed by atoms with Crippen LogP contribution in [0.25, 0.3) is 39.2 Å². The van der Waals surface area contributed by atoms with Crippen LogP contribution in [-0.2, 0) is 0 Å². The lowest BCUT2D eigenvalue weighted by Gasteiger charge is -2.35. The van der Waals surface area contributed by atoms with Gasteiger partial charge in [-0.25, -0.2) is 9.37 Å². The van der Waals surface area contributed by atoms with Crippen molar-refractivity contribution in [2.45, 2.75) is 18.9 Å². The zero-order valence-electron chi connectivity index (χ0n) is 20.7. The molecule has 3 aliphatic rings. The van der Waals surface area contributed by atoms with Gasteiger partial charge in [0.25, 0.3) is 5.91 Å². The number of allylic oxidation sites excluding steroid dienone is 1. The Morgan fingerprint density at radius 1 is 1.18 bits per heavy atom. The molecule has 0 saturated heterocycles. The van der Waals surface area contributed by atoms with Crippen LogP contribution in [0.5, 0.6) is 5.75 Å². The molecule has 190 valence electrons. The Bertz CT molecular complexity index is 1670. The third kappa shape index (κ3) is 3.40. The van der Waals surface area contributed by atoms with Crippen molar-refractivity contribution in [3.63, 3.8) is 0 Å². The van der Waals surface area contributed by atoms with Gasteiger partial charge < -0.3 is 25.1 Å². The molecule has 1 aliphatic carbocycles. The van der Waals surface area contributed by atoms with Crippen LogP contribution in [0.4, 0.5) is 10.1 Å². The maximum Gasteiger partial charge on any atom is 0.255 e. The van der Waals surface area contributed by atoms with Crippen LogP contribution in [0.2, 0.25) is 0 Å². The second-order valence-electron chi connectivity index (χ2n) is 9.83. The van der Waals surface area contributed by atoms with Crippen LogP contribution in [0.15, 0.2) is 71.2 Å². The van der Waals surface area contributed by atoms with Crippen molar-refractivity contribution in [3.8, 4) is 28.3 Å². The summed E-state index contributed by atoms with van der Waals surface area (Å²) in [7, 11) is 1.56. The fraction of sp³-hybridized carbons (Fsp3) is 0.200. The third-order valence-electron chi connectivity index (χ3n) is 7.64. The normalized spacial score (nSPS) is 19.4. The zero-order valence-corrected chi connectivity index (χ0v) is 20.7. The molecule has 2 unspecified atom stereocenters. The minimum Gasteiger partial charge on any atom is -0.471 e. The molecule has 8 heteroatoms. The molecule has 0 radical (unpaired) electrons. The van der Waals surface area contributed by atoms with Gasteiger partial charge in [-0.2, -0.15) is 0 Å². The number of hydrogen-bond donors (Lipinski definition) is 2. The van der Waals surface area contributed by atoms with Gasteiger partial charge >= 0.3 is 0 Å². The van der Waals surface area contributed by atoms with Crippen molar-refractivity contribution in [2.75, 3.05) is 19.5 Å². The smallest absolute Gasteiger partial charge is 0.255 e. The highest BCUT2D eigenvalue weighted by Crippen LogP contribution is 2.45. The number of pyridine rings is 1. The summed E-state index contributed by atoms with van der Waals surface area (Å²) in [6.07, 6.45) is 9.00. The van der Waals surface area contributed by atoms with E-state index in [1.54, 1.807) is 25.2 Å². The second kappa shape index (κ2) is 8.48. The van der Waals surface area contributed by atoms with Gasteiger partial charge in [0.05, 0.1) is 23.0 Å². The van der Waals surface area contributed by atoms with E-state index in [1.807, 2.05) is 18.2 Å². The van der Waals surface area contributed by atoms with Crippen molar-refractivity contribution in [2.24, 2.45) is 5.92 Å². The fourth-order valence-corrected chi connectivity index (χ4v) is 5.76. The number of nitrogens with two attached hydrogens (primary N) is 1. The Balaban J connectivity index is 1.37. The lowest BCUT2D eigenvalue weighted by Crippen LogP contribution is -2.38. The molecule has 2 aliphatic heterocycles. The molecule has 0 spiro atoms. The average Bonchev–Trinajstić information content (AvgIpc) is 3.50. The number of carbonyl (C=O) groups excluding carboxylic acids is 1. The van der Waals surface area contributed by atoms with Crippen LogP contribution in [0, 0.1) is 11.7 Å². The number of nitrogens with zero attached hydrogens (tertiary/aromatic N) is 2. The largest absolute Gasteiger partial charge is 0.471 e. The molecule has 38 heavy (non-hydrogen) atoms. The molecule has 2 aromatic carbocycles. The quantitative estimate of drug-likeness (QED) is 0.277. The van der Waals surface area contributed by atoms with E-state index < -0.39 is 0 Å². The highest BCUT2D eigenvalue weighted by molar-refractivity contribution is 6.12. The summed E-state index contributed by atoms with van der Waals surface area (Å²) >= 11 is 0. The van der Waals surface area contributed by atoms with Gasteiger partial charge in [-0.05, 0) is 55.3 Å². The van der Waals surface area contributed by atoms with Gasteiger partial charge in [0.2, 0.25) is 0 Å². The Morgan fingerprint density at radius 3 is 2.84 bits per heavy atom. The summed E-state index contributed by atoms with van der Waals surface area (Å²) in [6.45, 7) is 0.496. The van der Waals surface area contributed by atoms with Crippen LogP contribution in [-0.4, -0.2) is 35.6 Å². The van der Waals surface area contributed by atoms with Gasteiger partial charge in [-0.3, -0.25) is 4.79 Å². The van der Waals surface area contributed by atoms with Gasteiger partial charge in [0.1, 0.15) is 28.6 Å². The zero-order chi connectivity index (χ0) is 26.0. The number of fused-ring (bicyclic) bond motifs is 6. The number of rotatable bonds is 3. The number of aromatic nitrogens is 1. The van der Waals surface area contributed by atoms with E-state index >= 15 is 0 Å². The number of hydrogen-bond acceptors (Lipinski definition) is 6. The van der Waals surface area contributed by atoms with Gasteiger partial charge in [-0.1, -0.05) is 18.2 Å². The number of benzene rings is 2. The van der Waals surface area contributed by atoms with Crippen molar-refractivity contribution in [3.05, 3.63) is 83.8 Å². The fourth-order valence-electron chi connectivity index (χ4n) is 5.76. The molecule has 2 aromatic heterocycles. The summed E-state index contributed by atoms with van der Waals surface area (Å²) < 4.78 is 25.7. The van der Waals surface area contributed by atoms with E-state index in [-0.39, 0.29) is 11.7 Å². The molecular formula is C30H25FN4O3. The monoisotopic (exact) mass is 508 g/mol. The molecule has 4 aromatic rings. The second-order valence-corrected chi connectivity index (χ2v) is 9.83. The molecule has 7 nitrogen and oxygen atoms in total. The number of nitrogens with one attached hydrogen (secondary N) is 1. The van der Waals surface area contributed by atoms with Crippen molar-refractivity contribution < 1.29 is 18.3 Å². The van der Waals surface area contributed by atoms with Crippen molar-refractivity contribution in [1.29, 1.82) is 0 Å². The molecule has 2 atom stereocenters. The predicted octanol–water partition coefficient (Wildman–Crippen LogP) is 5.58. The summed E-state index contributed by atoms with van der Waals surface area (Å²) in [5, 5.41) is 3.29. The summed E-state index contributed by atoms with van der Waals surface area (Å²) in [5.41, 5.74) is 11.6. The maximum absolute atomic E-state index is 13.6. The van der Waals surface area contributed by atoms with Crippen LogP contribution in [0.3, 0.4) is 0 Å². The summed E-state index contributed by atoms with van der Waals surface area (Å²) in [5.74, 6) is 0.860. The van der Waals surface area contributed by atoms with Crippen LogP contribution >= 0.6 is 0 Å². The molecule has 0 saturated carbocycles. The van der Waals surface area contributed by atoms with E-state index in [2.05, 4.69) is 28.4 Å². The number of nitrogen functional groups attached to an aromatic ring is 1. The number of furan rings is 1. The maximum atomic E-state index is 13.6.